The summed E-state index contributed by atoms with van der Waals surface area (Å²) in [7, 11) is 0. The van der Waals surface area contributed by atoms with Gasteiger partial charge in [0.2, 0.25) is 11.8 Å². The van der Waals surface area contributed by atoms with Crippen molar-refractivity contribution in [3.05, 3.63) is 55.6 Å². The van der Waals surface area contributed by atoms with E-state index in [0.29, 0.717) is 19.5 Å². The molecular formula is C18H21N3O3S. The van der Waals surface area contributed by atoms with Crippen LogP contribution in [-0.2, 0) is 22.6 Å². The van der Waals surface area contributed by atoms with Crippen LogP contribution in [0.3, 0.4) is 0 Å². The van der Waals surface area contributed by atoms with Crippen molar-refractivity contribution in [1.29, 1.82) is 0 Å². The van der Waals surface area contributed by atoms with E-state index in [1.165, 1.54) is 11.3 Å². The number of nitrogens with zero attached hydrogens (tertiary/aromatic N) is 2. The molecule has 3 rings (SSSR count). The zero-order valence-corrected chi connectivity index (χ0v) is 15.1. The molecule has 2 heterocycles. The molecule has 0 fully saturated rings. The highest BCUT2D eigenvalue weighted by atomic mass is 32.1. The molecule has 0 saturated carbocycles. The van der Waals surface area contributed by atoms with Gasteiger partial charge >= 0.3 is 4.87 Å². The van der Waals surface area contributed by atoms with E-state index in [9.17, 15) is 14.4 Å². The Morgan fingerprint density at radius 3 is 2.64 bits per heavy atom. The second-order valence-corrected chi connectivity index (χ2v) is 7.42. The van der Waals surface area contributed by atoms with Crippen LogP contribution in [0.1, 0.15) is 34.2 Å². The molecule has 6 nitrogen and oxygen atoms in total. The largest absolute Gasteiger partial charge is 0.368 e. The summed E-state index contributed by atoms with van der Waals surface area (Å²) in [5, 5.41) is 0. The Bertz CT molecular complexity index is 884. The molecule has 0 saturated heterocycles. The van der Waals surface area contributed by atoms with Crippen LogP contribution in [0.4, 0.5) is 0 Å². The number of hydrogen-bond acceptors (Lipinski definition) is 4. The molecule has 0 unspecified atom stereocenters. The van der Waals surface area contributed by atoms with E-state index in [0.717, 1.165) is 21.7 Å². The first-order chi connectivity index (χ1) is 11.9. The van der Waals surface area contributed by atoms with Crippen molar-refractivity contribution in [2.75, 3.05) is 6.54 Å². The number of primary amides is 1. The van der Waals surface area contributed by atoms with Crippen molar-refractivity contribution in [1.82, 2.24) is 9.47 Å². The molecule has 2 amide bonds. The maximum atomic E-state index is 12.7. The van der Waals surface area contributed by atoms with Gasteiger partial charge in [0.1, 0.15) is 6.04 Å². The van der Waals surface area contributed by atoms with Gasteiger partial charge in [-0.25, -0.2) is 0 Å². The summed E-state index contributed by atoms with van der Waals surface area (Å²) in [5.74, 6) is -0.686. The van der Waals surface area contributed by atoms with Gasteiger partial charge in [0.25, 0.3) is 0 Å². The van der Waals surface area contributed by atoms with Gasteiger partial charge in [-0.15, -0.1) is 0 Å². The van der Waals surface area contributed by atoms with E-state index in [2.05, 4.69) is 0 Å². The lowest BCUT2D eigenvalue weighted by Crippen LogP contribution is -2.46. The fourth-order valence-electron chi connectivity index (χ4n) is 3.34. The molecule has 0 radical (unpaired) electrons. The molecule has 0 aliphatic carbocycles. The first-order valence-electron chi connectivity index (χ1n) is 8.23. The van der Waals surface area contributed by atoms with Crippen LogP contribution < -0.4 is 10.6 Å². The summed E-state index contributed by atoms with van der Waals surface area (Å²) in [6.07, 6.45) is 0.866. The molecule has 1 aromatic heterocycles. The van der Waals surface area contributed by atoms with Crippen LogP contribution >= 0.6 is 11.3 Å². The van der Waals surface area contributed by atoms with E-state index in [1.54, 1.807) is 9.47 Å². The van der Waals surface area contributed by atoms with Crippen LogP contribution in [0.15, 0.2) is 29.1 Å². The summed E-state index contributed by atoms with van der Waals surface area (Å²) in [6, 6.07) is 6.84. The number of carbonyl (C=O) groups excluding carboxylic acids is 2. The summed E-state index contributed by atoms with van der Waals surface area (Å²) in [5.41, 5.74) is 8.32. The van der Waals surface area contributed by atoms with Gasteiger partial charge < -0.3 is 15.2 Å². The van der Waals surface area contributed by atoms with E-state index < -0.39 is 11.9 Å². The number of thiazole rings is 1. The summed E-state index contributed by atoms with van der Waals surface area (Å²) in [6.45, 7) is 4.54. The lowest BCUT2D eigenvalue weighted by atomic mass is 9.92. The fraction of sp³-hybridized carbons (Fsp3) is 0.389. The first-order valence-corrected chi connectivity index (χ1v) is 9.05. The van der Waals surface area contributed by atoms with Gasteiger partial charge in [0.15, 0.2) is 0 Å². The number of aryl methyl sites for hydroxylation is 1. The fourth-order valence-corrected chi connectivity index (χ4v) is 4.20. The molecule has 1 aliphatic rings. The third-order valence-corrected chi connectivity index (χ3v) is 5.79. The van der Waals surface area contributed by atoms with E-state index in [-0.39, 0.29) is 17.2 Å². The molecule has 2 N–H and O–H groups in total. The number of hydrogen-bond donors (Lipinski definition) is 1. The Kier molecular flexibility index (Phi) is 4.76. The van der Waals surface area contributed by atoms with Gasteiger partial charge in [-0.1, -0.05) is 35.6 Å². The Morgan fingerprint density at radius 1 is 1.28 bits per heavy atom. The predicted molar refractivity (Wildman–Crippen MR) is 96.5 cm³/mol. The quantitative estimate of drug-likeness (QED) is 0.898. The normalized spacial score (nSPS) is 16.6. The van der Waals surface area contributed by atoms with E-state index >= 15 is 0 Å². The Balaban J connectivity index is 1.80. The number of rotatable bonds is 4. The first kappa shape index (κ1) is 17.4. The van der Waals surface area contributed by atoms with Crippen LogP contribution in [0.25, 0.3) is 0 Å². The molecule has 1 aliphatic heterocycles. The van der Waals surface area contributed by atoms with Crippen molar-refractivity contribution in [2.45, 2.75) is 39.3 Å². The van der Waals surface area contributed by atoms with Gasteiger partial charge in [0.05, 0.1) is 0 Å². The molecule has 132 valence electrons. The maximum absolute atomic E-state index is 12.7. The minimum absolute atomic E-state index is 0.0572. The highest BCUT2D eigenvalue weighted by Crippen LogP contribution is 2.30. The van der Waals surface area contributed by atoms with Crippen LogP contribution in [0, 0.1) is 13.8 Å². The number of fused-ring (bicyclic) bond motifs is 1. The molecule has 25 heavy (non-hydrogen) atoms. The third-order valence-electron chi connectivity index (χ3n) is 4.80. The maximum Gasteiger partial charge on any atom is 0.307 e. The minimum atomic E-state index is -0.737. The minimum Gasteiger partial charge on any atom is -0.368 e. The van der Waals surface area contributed by atoms with Crippen LogP contribution in [-0.4, -0.2) is 27.8 Å². The Labute approximate surface area is 149 Å². The highest BCUT2D eigenvalue weighted by molar-refractivity contribution is 7.09. The van der Waals surface area contributed by atoms with Crippen molar-refractivity contribution < 1.29 is 9.59 Å². The van der Waals surface area contributed by atoms with Gasteiger partial charge in [-0.3, -0.25) is 14.4 Å². The second kappa shape index (κ2) is 6.84. The lowest BCUT2D eigenvalue weighted by molar-refractivity contribution is -0.140. The average molecular weight is 359 g/mol. The molecule has 2 aromatic rings. The van der Waals surface area contributed by atoms with Crippen LogP contribution in [0.2, 0.25) is 0 Å². The van der Waals surface area contributed by atoms with Crippen molar-refractivity contribution in [3.63, 3.8) is 0 Å². The highest BCUT2D eigenvalue weighted by Gasteiger charge is 2.34. The second-order valence-electron chi connectivity index (χ2n) is 6.25. The standard InChI is InChI=1S/C18H21N3O3S/c1-11-12(2)25-18(24)20(11)10-8-15(22)21-9-7-13-5-3-4-6-14(13)16(21)17(19)23/h3-6,16H,7-10H2,1-2H3,(H2,19,23)/t16-/m1/s1. The monoisotopic (exact) mass is 359 g/mol. The number of aromatic nitrogens is 1. The summed E-state index contributed by atoms with van der Waals surface area (Å²) >= 11 is 1.19. The van der Waals surface area contributed by atoms with Crippen molar-refractivity contribution in [3.8, 4) is 0 Å². The average Bonchev–Trinajstić information content (AvgIpc) is 2.83. The van der Waals surface area contributed by atoms with E-state index in [4.69, 9.17) is 5.73 Å². The molecule has 7 heteroatoms. The topological polar surface area (TPSA) is 85.4 Å². The summed E-state index contributed by atoms with van der Waals surface area (Å²) in [4.78, 5) is 39.1. The number of benzene rings is 1. The summed E-state index contributed by atoms with van der Waals surface area (Å²) < 4.78 is 1.62. The molecular weight excluding hydrogens is 338 g/mol. The zero-order valence-electron chi connectivity index (χ0n) is 14.3. The van der Waals surface area contributed by atoms with Crippen molar-refractivity contribution >= 4 is 23.2 Å². The van der Waals surface area contributed by atoms with Gasteiger partial charge in [-0.2, -0.15) is 0 Å². The van der Waals surface area contributed by atoms with Crippen LogP contribution in [0.5, 0.6) is 0 Å². The number of amides is 2. The molecule has 1 atom stereocenters. The zero-order chi connectivity index (χ0) is 18.1. The van der Waals surface area contributed by atoms with Gasteiger partial charge in [0, 0.05) is 30.1 Å². The third kappa shape index (κ3) is 3.24. The predicted octanol–water partition coefficient (Wildman–Crippen LogP) is 1.53. The molecule has 0 spiro atoms. The van der Waals surface area contributed by atoms with Gasteiger partial charge in [-0.05, 0) is 31.4 Å². The number of nitrogens with two attached hydrogens (primary N) is 1. The lowest BCUT2D eigenvalue weighted by Gasteiger charge is -2.35. The molecule has 0 bridgehead atoms. The van der Waals surface area contributed by atoms with E-state index in [1.807, 2.05) is 38.1 Å². The smallest absolute Gasteiger partial charge is 0.307 e. The van der Waals surface area contributed by atoms with Crippen molar-refractivity contribution in [2.24, 2.45) is 5.73 Å². The molecule has 1 aromatic carbocycles. The SMILES string of the molecule is Cc1sc(=O)n(CCC(=O)N2CCc3ccccc3[C@@H]2C(N)=O)c1C. The Hall–Kier alpha value is -2.41. The Morgan fingerprint density at radius 2 is 2.00 bits per heavy atom. The number of carbonyl (C=O) groups is 2.